The van der Waals surface area contributed by atoms with Gasteiger partial charge < -0.3 is 4.57 Å². The summed E-state index contributed by atoms with van der Waals surface area (Å²) in [4.78, 5) is 15.0. The van der Waals surface area contributed by atoms with E-state index in [2.05, 4.69) is 92.9 Å². The largest absolute Gasteiger partial charge is 0.309 e. The number of rotatable bonds is 4. The fourth-order valence-electron chi connectivity index (χ4n) is 5.65. The number of aromatic nitrogens is 4. The van der Waals surface area contributed by atoms with Crippen LogP contribution in [0.1, 0.15) is 31.9 Å². The van der Waals surface area contributed by atoms with Gasteiger partial charge in [0.25, 0.3) is 0 Å². The maximum atomic E-state index is 5.06. The Kier molecular flexibility index (Phi) is 6.20. The van der Waals surface area contributed by atoms with Crippen LogP contribution in [0.4, 0.5) is 0 Å². The lowest BCUT2D eigenvalue weighted by Gasteiger charge is -2.19. The summed E-state index contributed by atoms with van der Waals surface area (Å²) in [5.41, 5.74) is 8.84. The molecule has 204 valence electrons. The Bertz CT molecular complexity index is 2010. The van der Waals surface area contributed by atoms with E-state index in [4.69, 9.17) is 15.0 Å². The molecule has 0 bridgehead atoms. The Labute approximate surface area is 246 Å². The van der Waals surface area contributed by atoms with Crippen LogP contribution < -0.4 is 0 Å². The van der Waals surface area contributed by atoms with E-state index in [1.54, 1.807) is 0 Å². The minimum absolute atomic E-state index is 0.0525. The molecular weight excluding hydrogens is 512 g/mol. The first-order valence-corrected chi connectivity index (χ1v) is 14.4. The first kappa shape index (κ1) is 25.8. The second-order valence-corrected chi connectivity index (χ2v) is 11.9. The van der Waals surface area contributed by atoms with Gasteiger partial charge in [-0.25, -0.2) is 15.0 Å². The van der Waals surface area contributed by atoms with Crippen LogP contribution in [0.2, 0.25) is 0 Å². The van der Waals surface area contributed by atoms with Gasteiger partial charge in [-0.2, -0.15) is 0 Å². The Morgan fingerprint density at radius 2 is 1.05 bits per heavy atom. The third-order valence-corrected chi connectivity index (χ3v) is 7.87. The molecule has 2 heterocycles. The van der Waals surface area contributed by atoms with Crippen molar-refractivity contribution in [2.24, 2.45) is 0 Å². The van der Waals surface area contributed by atoms with Gasteiger partial charge in [-0.1, -0.05) is 111 Å². The lowest BCUT2D eigenvalue weighted by Crippen LogP contribution is -2.10. The number of fused-ring (bicyclic) bond motifs is 3. The number of nitrogens with zero attached hydrogens (tertiary/aromatic N) is 4. The normalized spacial score (nSPS) is 11.8. The van der Waals surface area contributed by atoms with Gasteiger partial charge in [-0.3, -0.25) is 0 Å². The number of para-hydroxylation sites is 1. The van der Waals surface area contributed by atoms with E-state index < -0.39 is 0 Å². The zero-order valence-corrected chi connectivity index (χ0v) is 24.3. The molecule has 4 nitrogen and oxygen atoms in total. The molecule has 7 rings (SSSR count). The lowest BCUT2D eigenvalue weighted by atomic mass is 9.86. The van der Waals surface area contributed by atoms with Crippen molar-refractivity contribution in [1.82, 2.24) is 19.5 Å². The van der Waals surface area contributed by atoms with E-state index in [1.807, 2.05) is 60.7 Å². The van der Waals surface area contributed by atoms with Crippen LogP contribution in [0, 0.1) is 6.92 Å². The summed E-state index contributed by atoms with van der Waals surface area (Å²) in [7, 11) is 0. The molecule has 5 aromatic carbocycles. The SMILES string of the molecule is Cc1ccc2c(c1)c1cc(C(C)(C)C)ccc1n2-c1ccccc1-c1nc(-c2ccccc2)nc(-c2ccccc2)n1. The maximum Gasteiger partial charge on any atom is 0.166 e. The van der Waals surface area contributed by atoms with Gasteiger partial charge in [0, 0.05) is 27.5 Å². The number of hydrogen-bond acceptors (Lipinski definition) is 3. The minimum atomic E-state index is 0.0525. The van der Waals surface area contributed by atoms with Crippen molar-refractivity contribution < 1.29 is 0 Å². The van der Waals surface area contributed by atoms with Crippen molar-refractivity contribution in [2.75, 3.05) is 0 Å². The molecule has 0 aliphatic carbocycles. The molecule has 0 spiro atoms. The van der Waals surface area contributed by atoms with E-state index in [1.165, 1.54) is 21.9 Å². The molecule has 0 aliphatic heterocycles. The van der Waals surface area contributed by atoms with Crippen molar-refractivity contribution >= 4 is 21.8 Å². The molecule has 42 heavy (non-hydrogen) atoms. The van der Waals surface area contributed by atoms with Gasteiger partial charge in [0.05, 0.1) is 16.7 Å². The quantitative estimate of drug-likeness (QED) is 0.222. The Morgan fingerprint density at radius 1 is 0.524 bits per heavy atom. The summed E-state index contributed by atoms with van der Waals surface area (Å²) in [5.74, 6) is 1.95. The second-order valence-electron chi connectivity index (χ2n) is 11.9. The molecule has 0 saturated heterocycles. The van der Waals surface area contributed by atoms with Gasteiger partial charge >= 0.3 is 0 Å². The summed E-state index contributed by atoms with van der Waals surface area (Å²) < 4.78 is 2.36. The van der Waals surface area contributed by atoms with Crippen molar-refractivity contribution in [1.29, 1.82) is 0 Å². The van der Waals surface area contributed by atoms with E-state index in [-0.39, 0.29) is 5.41 Å². The van der Waals surface area contributed by atoms with Crippen LogP contribution in [0.3, 0.4) is 0 Å². The van der Waals surface area contributed by atoms with E-state index in [0.29, 0.717) is 17.5 Å². The third kappa shape index (κ3) is 4.55. The molecule has 2 aromatic heterocycles. The average Bonchev–Trinajstić information content (AvgIpc) is 3.34. The van der Waals surface area contributed by atoms with Gasteiger partial charge in [-0.15, -0.1) is 0 Å². The van der Waals surface area contributed by atoms with Crippen LogP contribution in [0.5, 0.6) is 0 Å². The van der Waals surface area contributed by atoms with Gasteiger partial charge in [0.15, 0.2) is 17.5 Å². The molecule has 4 heteroatoms. The second kappa shape index (κ2) is 10.1. The summed E-state index contributed by atoms with van der Waals surface area (Å²) in [6.07, 6.45) is 0. The molecule has 0 saturated carbocycles. The van der Waals surface area contributed by atoms with Crippen molar-refractivity contribution in [3.05, 3.63) is 132 Å². The van der Waals surface area contributed by atoms with Crippen LogP contribution in [-0.2, 0) is 5.41 Å². The first-order chi connectivity index (χ1) is 20.4. The summed E-state index contributed by atoms with van der Waals surface area (Å²) >= 11 is 0. The monoisotopic (exact) mass is 544 g/mol. The molecule has 0 N–H and O–H groups in total. The Morgan fingerprint density at radius 3 is 1.67 bits per heavy atom. The average molecular weight is 545 g/mol. The highest BCUT2D eigenvalue weighted by molar-refractivity contribution is 6.10. The van der Waals surface area contributed by atoms with Crippen LogP contribution in [-0.4, -0.2) is 19.5 Å². The highest BCUT2D eigenvalue weighted by Crippen LogP contribution is 2.38. The minimum Gasteiger partial charge on any atom is -0.309 e. The zero-order valence-electron chi connectivity index (χ0n) is 24.3. The highest BCUT2D eigenvalue weighted by Gasteiger charge is 2.21. The predicted molar refractivity (Wildman–Crippen MR) is 174 cm³/mol. The predicted octanol–water partition coefficient (Wildman–Crippen LogP) is 9.58. The topological polar surface area (TPSA) is 43.6 Å². The zero-order chi connectivity index (χ0) is 28.8. The Hall–Kier alpha value is -5.09. The first-order valence-electron chi connectivity index (χ1n) is 14.4. The van der Waals surface area contributed by atoms with Crippen molar-refractivity contribution in [3.8, 4) is 39.9 Å². The van der Waals surface area contributed by atoms with E-state index >= 15 is 0 Å². The number of hydrogen-bond donors (Lipinski definition) is 0. The molecule has 0 amide bonds. The highest BCUT2D eigenvalue weighted by atomic mass is 15.1. The summed E-state index contributed by atoms with van der Waals surface area (Å²) in [6.45, 7) is 8.96. The Balaban J connectivity index is 1.51. The molecule has 0 unspecified atom stereocenters. The molecular formula is C38H32N4. The van der Waals surface area contributed by atoms with Crippen LogP contribution in [0.25, 0.3) is 61.7 Å². The number of benzene rings is 5. The fraction of sp³-hybridized carbons (Fsp3) is 0.132. The summed E-state index contributed by atoms with van der Waals surface area (Å²) in [6, 6.07) is 42.3. The fourth-order valence-corrected chi connectivity index (χ4v) is 5.65. The van der Waals surface area contributed by atoms with E-state index in [0.717, 1.165) is 33.4 Å². The summed E-state index contributed by atoms with van der Waals surface area (Å²) in [5, 5.41) is 2.50. The molecule has 0 radical (unpaired) electrons. The maximum absolute atomic E-state index is 5.06. The molecule has 0 fully saturated rings. The molecule has 0 atom stereocenters. The van der Waals surface area contributed by atoms with Gasteiger partial charge in [-0.05, 0) is 54.3 Å². The third-order valence-electron chi connectivity index (χ3n) is 7.87. The van der Waals surface area contributed by atoms with Crippen LogP contribution in [0.15, 0.2) is 121 Å². The van der Waals surface area contributed by atoms with Crippen LogP contribution >= 0.6 is 0 Å². The van der Waals surface area contributed by atoms with Gasteiger partial charge in [0.1, 0.15) is 0 Å². The smallest absolute Gasteiger partial charge is 0.166 e. The van der Waals surface area contributed by atoms with E-state index in [9.17, 15) is 0 Å². The van der Waals surface area contributed by atoms with Gasteiger partial charge in [0.2, 0.25) is 0 Å². The number of aryl methyl sites for hydroxylation is 1. The van der Waals surface area contributed by atoms with Crippen molar-refractivity contribution in [3.63, 3.8) is 0 Å². The standard InChI is InChI=1S/C38H32N4/c1-25-19-21-33-30(23-25)31-24-28(38(2,3)4)20-22-34(31)42(33)32-18-12-11-17-29(32)37-40-35(26-13-7-5-8-14-26)39-36(41-37)27-15-9-6-10-16-27/h5-24H,1-4H3. The lowest BCUT2D eigenvalue weighted by molar-refractivity contribution is 0.591. The van der Waals surface area contributed by atoms with Crippen molar-refractivity contribution in [2.45, 2.75) is 33.1 Å². The molecule has 7 aromatic rings. The molecule has 0 aliphatic rings.